The Labute approximate surface area is 102 Å². The lowest BCUT2D eigenvalue weighted by Gasteiger charge is -2.32. The van der Waals surface area contributed by atoms with Crippen LogP contribution in [0.1, 0.15) is 27.7 Å². The van der Waals surface area contributed by atoms with Gasteiger partial charge < -0.3 is 14.1 Å². The summed E-state index contributed by atoms with van der Waals surface area (Å²) in [5, 5.41) is 5.77. The van der Waals surface area contributed by atoms with Gasteiger partial charge in [0.1, 0.15) is 12.3 Å². The molecule has 1 saturated heterocycles. The van der Waals surface area contributed by atoms with E-state index in [0.717, 1.165) is 6.29 Å². The van der Waals surface area contributed by atoms with E-state index in [1.807, 2.05) is 27.7 Å². The highest BCUT2D eigenvalue weighted by atomic mass is 16.7. The van der Waals surface area contributed by atoms with Crippen molar-refractivity contribution >= 4 is 19.6 Å². The number of hydrazone groups is 1. The quantitative estimate of drug-likeness (QED) is 0.530. The van der Waals surface area contributed by atoms with E-state index in [4.69, 9.17) is 9.31 Å². The van der Waals surface area contributed by atoms with Crippen molar-refractivity contribution in [3.05, 3.63) is 0 Å². The van der Waals surface area contributed by atoms with Gasteiger partial charge in [-0.15, -0.1) is 0 Å². The number of carbonyl (C=O) groups is 1. The van der Waals surface area contributed by atoms with Crippen molar-refractivity contribution in [1.82, 2.24) is 5.01 Å². The molecule has 0 N–H and O–H groups in total. The van der Waals surface area contributed by atoms with Gasteiger partial charge >= 0.3 is 7.12 Å². The standard InChI is InChI=1S/C11H19BN2O3/c1-10(2)11(3,4)17-12(16-10)8-6-13-14(5)9(8)7-15/h6-9H,1-5H3. The third kappa shape index (κ3) is 1.89. The predicted molar refractivity (Wildman–Crippen MR) is 65.9 cm³/mol. The SMILES string of the molecule is CN1N=CC(B2OC(C)(C)C(C)(C)O2)C1C=O. The lowest BCUT2D eigenvalue weighted by atomic mass is 9.69. The van der Waals surface area contributed by atoms with Gasteiger partial charge in [0.15, 0.2) is 0 Å². The van der Waals surface area contributed by atoms with Crippen molar-refractivity contribution in [1.29, 1.82) is 0 Å². The van der Waals surface area contributed by atoms with Crippen molar-refractivity contribution in [2.75, 3.05) is 7.05 Å². The fourth-order valence-corrected chi connectivity index (χ4v) is 2.05. The molecule has 0 aliphatic carbocycles. The van der Waals surface area contributed by atoms with Crippen molar-refractivity contribution in [3.8, 4) is 0 Å². The van der Waals surface area contributed by atoms with Crippen molar-refractivity contribution in [2.45, 2.75) is 50.8 Å². The number of hydrogen-bond donors (Lipinski definition) is 0. The fraction of sp³-hybridized carbons (Fsp3) is 0.818. The Balaban J connectivity index is 2.16. The Bertz CT molecular complexity index is 341. The van der Waals surface area contributed by atoms with Gasteiger partial charge in [-0.05, 0) is 27.7 Å². The summed E-state index contributed by atoms with van der Waals surface area (Å²) < 4.78 is 11.9. The third-order valence-electron chi connectivity index (χ3n) is 3.97. The van der Waals surface area contributed by atoms with E-state index in [0.29, 0.717) is 0 Å². The first kappa shape index (κ1) is 12.6. The zero-order valence-electron chi connectivity index (χ0n) is 11.0. The number of hydrogen-bond acceptors (Lipinski definition) is 5. The normalized spacial score (nSPS) is 34.4. The largest absolute Gasteiger partial charge is 0.469 e. The highest BCUT2D eigenvalue weighted by Gasteiger charge is 2.56. The van der Waals surface area contributed by atoms with Crippen LogP contribution in [-0.4, -0.2) is 48.9 Å². The molecule has 2 unspecified atom stereocenters. The molecule has 2 rings (SSSR count). The zero-order chi connectivity index (χ0) is 12.8. The lowest BCUT2D eigenvalue weighted by molar-refractivity contribution is -0.111. The summed E-state index contributed by atoms with van der Waals surface area (Å²) in [5.74, 6) is -0.140. The van der Waals surface area contributed by atoms with Crippen molar-refractivity contribution in [2.24, 2.45) is 5.10 Å². The van der Waals surface area contributed by atoms with Gasteiger partial charge in [-0.3, -0.25) is 5.01 Å². The zero-order valence-corrected chi connectivity index (χ0v) is 11.0. The molecule has 17 heavy (non-hydrogen) atoms. The van der Waals surface area contributed by atoms with Gasteiger partial charge in [-0.2, -0.15) is 5.10 Å². The highest BCUT2D eigenvalue weighted by Crippen LogP contribution is 2.41. The van der Waals surface area contributed by atoms with Crippen LogP contribution >= 0.6 is 0 Å². The van der Waals surface area contributed by atoms with E-state index < -0.39 is 7.12 Å². The number of nitrogens with zero attached hydrogens (tertiary/aromatic N) is 2. The third-order valence-corrected chi connectivity index (χ3v) is 3.97. The van der Waals surface area contributed by atoms with Crippen LogP contribution in [0.4, 0.5) is 0 Å². The average molecular weight is 238 g/mol. The fourth-order valence-electron chi connectivity index (χ4n) is 2.05. The molecular weight excluding hydrogens is 219 g/mol. The smallest absolute Gasteiger partial charge is 0.403 e. The first-order valence-electron chi connectivity index (χ1n) is 5.86. The molecule has 2 heterocycles. The molecule has 2 aliphatic heterocycles. The van der Waals surface area contributed by atoms with Crippen LogP contribution in [0.3, 0.4) is 0 Å². The Morgan fingerprint density at radius 1 is 1.29 bits per heavy atom. The summed E-state index contributed by atoms with van der Waals surface area (Å²) in [6.07, 6.45) is 2.63. The van der Waals surface area contributed by atoms with Crippen LogP contribution in [-0.2, 0) is 14.1 Å². The van der Waals surface area contributed by atoms with Crippen LogP contribution < -0.4 is 0 Å². The van der Waals surface area contributed by atoms with E-state index >= 15 is 0 Å². The minimum Gasteiger partial charge on any atom is -0.403 e. The monoisotopic (exact) mass is 238 g/mol. The molecule has 2 atom stereocenters. The molecule has 6 heteroatoms. The minimum atomic E-state index is -0.413. The molecule has 5 nitrogen and oxygen atoms in total. The Morgan fingerprint density at radius 2 is 1.82 bits per heavy atom. The Kier molecular flexibility index (Phi) is 2.82. The second-order valence-electron chi connectivity index (χ2n) is 5.67. The first-order valence-corrected chi connectivity index (χ1v) is 5.86. The van der Waals surface area contributed by atoms with Crippen molar-refractivity contribution < 1.29 is 14.1 Å². The highest BCUT2D eigenvalue weighted by molar-refractivity contribution is 6.52. The average Bonchev–Trinajstić information content (AvgIpc) is 2.65. The van der Waals surface area contributed by atoms with E-state index in [9.17, 15) is 4.79 Å². The van der Waals surface area contributed by atoms with Gasteiger partial charge in [-0.1, -0.05) is 0 Å². The van der Waals surface area contributed by atoms with Gasteiger partial charge in [0.25, 0.3) is 0 Å². The molecule has 0 spiro atoms. The molecular formula is C11H19BN2O3. The summed E-state index contributed by atoms with van der Waals surface area (Å²) in [7, 11) is 1.37. The van der Waals surface area contributed by atoms with Crippen LogP contribution in [0.2, 0.25) is 5.82 Å². The Hall–Kier alpha value is -0.875. The van der Waals surface area contributed by atoms with Gasteiger partial charge in [-0.25, -0.2) is 0 Å². The van der Waals surface area contributed by atoms with Crippen LogP contribution in [0.25, 0.3) is 0 Å². The maximum Gasteiger partial charge on any atom is 0.469 e. The molecule has 0 bridgehead atoms. The summed E-state index contributed by atoms with van der Waals surface area (Å²) >= 11 is 0. The van der Waals surface area contributed by atoms with Crippen LogP contribution in [0.15, 0.2) is 5.10 Å². The lowest BCUT2D eigenvalue weighted by Crippen LogP contribution is -2.41. The molecule has 0 aromatic heterocycles. The van der Waals surface area contributed by atoms with Crippen LogP contribution in [0, 0.1) is 0 Å². The first-order chi connectivity index (χ1) is 7.78. The second kappa shape index (κ2) is 3.81. The summed E-state index contributed by atoms with van der Waals surface area (Å²) in [4.78, 5) is 11.1. The number of aldehydes is 1. The maximum absolute atomic E-state index is 11.1. The topological polar surface area (TPSA) is 51.1 Å². The molecule has 94 valence electrons. The van der Waals surface area contributed by atoms with Gasteiger partial charge in [0.05, 0.1) is 17.0 Å². The summed E-state index contributed by atoms with van der Waals surface area (Å²) in [6.45, 7) is 7.99. The van der Waals surface area contributed by atoms with Gasteiger partial charge in [0, 0.05) is 13.3 Å². The molecule has 0 amide bonds. The molecule has 0 aromatic rings. The number of likely N-dealkylation sites (N-methyl/N-ethyl adjacent to an activating group) is 1. The van der Waals surface area contributed by atoms with E-state index in [1.54, 1.807) is 18.3 Å². The predicted octanol–water partition coefficient (Wildman–Crippen LogP) is 0.947. The molecule has 0 aromatic carbocycles. The summed E-state index contributed by atoms with van der Waals surface area (Å²) in [5.41, 5.74) is -0.750. The number of rotatable bonds is 2. The van der Waals surface area contributed by atoms with Crippen LogP contribution in [0.5, 0.6) is 0 Å². The second-order valence-corrected chi connectivity index (χ2v) is 5.67. The van der Waals surface area contributed by atoms with E-state index in [1.165, 1.54) is 0 Å². The van der Waals surface area contributed by atoms with Gasteiger partial charge in [0.2, 0.25) is 0 Å². The van der Waals surface area contributed by atoms with E-state index in [2.05, 4.69) is 5.10 Å². The molecule has 2 aliphatic rings. The Morgan fingerprint density at radius 3 is 2.29 bits per heavy atom. The molecule has 0 radical (unpaired) electrons. The maximum atomic E-state index is 11.1. The van der Waals surface area contributed by atoms with Crippen molar-refractivity contribution in [3.63, 3.8) is 0 Å². The minimum absolute atomic E-state index is 0.140. The molecule has 0 saturated carbocycles. The summed E-state index contributed by atoms with van der Waals surface area (Å²) in [6, 6.07) is -0.301. The van der Waals surface area contributed by atoms with E-state index in [-0.39, 0.29) is 23.1 Å². The molecule has 1 fully saturated rings. The number of carbonyl (C=O) groups excluding carboxylic acids is 1.